The van der Waals surface area contributed by atoms with E-state index in [2.05, 4.69) is 10.1 Å². The fourth-order valence-electron chi connectivity index (χ4n) is 2.48. The molecule has 1 heterocycles. The van der Waals surface area contributed by atoms with Crippen LogP contribution in [0.4, 0.5) is 0 Å². The molecule has 2 fully saturated rings. The topological polar surface area (TPSA) is 59.2 Å². The minimum Gasteiger partial charge on any atom is -0.392 e. The zero-order chi connectivity index (χ0) is 11.0. The lowest BCUT2D eigenvalue weighted by Crippen LogP contribution is -2.22. The van der Waals surface area contributed by atoms with Crippen molar-refractivity contribution in [1.29, 1.82) is 0 Å². The molecule has 2 saturated carbocycles. The van der Waals surface area contributed by atoms with E-state index in [1.807, 2.05) is 0 Å². The molecule has 1 aromatic rings. The number of nitrogens with zero attached hydrogens (tertiary/aromatic N) is 2. The van der Waals surface area contributed by atoms with Crippen LogP contribution in [0.1, 0.15) is 56.2 Å². The van der Waals surface area contributed by atoms with Gasteiger partial charge in [0.2, 0.25) is 5.89 Å². The molecule has 1 N–H and O–H groups in total. The van der Waals surface area contributed by atoms with Crippen LogP contribution in [0.15, 0.2) is 4.52 Å². The van der Waals surface area contributed by atoms with Crippen molar-refractivity contribution in [2.24, 2.45) is 5.92 Å². The van der Waals surface area contributed by atoms with E-state index in [9.17, 15) is 5.11 Å². The van der Waals surface area contributed by atoms with Gasteiger partial charge in [-0.25, -0.2) is 0 Å². The van der Waals surface area contributed by atoms with E-state index < -0.39 is 0 Å². The third-order valence-electron chi connectivity index (χ3n) is 3.70. The lowest BCUT2D eigenvalue weighted by molar-refractivity contribution is 0.0908. The van der Waals surface area contributed by atoms with Crippen LogP contribution >= 0.6 is 0 Å². The van der Waals surface area contributed by atoms with E-state index in [-0.39, 0.29) is 12.0 Å². The first-order chi connectivity index (χ1) is 7.83. The van der Waals surface area contributed by atoms with Gasteiger partial charge in [0.15, 0.2) is 5.82 Å². The summed E-state index contributed by atoms with van der Waals surface area (Å²) in [5.74, 6) is 2.34. The van der Waals surface area contributed by atoms with Gasteiger partial charge in [0, 0.05) is 6.42 Å². The van der Waals surface area contributed by atoms with E-state index in [4.69, 9.17) is 4.52 Å². The molecule has 2 atom stereocenters. The molecule has 4 heteroatoms. The van der Waals surface area contributed by atoms with Gasteiger partial charge in [0.25, 0.3) is 0 Å². The average Bonchev–Trinajstić information content (AvgIpc) is 2.97. The summed E-state index contributed by atoms with van der Waals surface area (Å²) in [6, 6.07) is 0. The third kappa shape index (κ3) is 2.12. The summed E-state index contributed by atoms with van der Waals surface area (Å²) in [4.78, 5) is 4.43. The van der Waals surface area contributed by atoms with Crippen molar-refractivity contribution < 1.29 is 9.63 Å². The highest BCUT2D eigenvalue weighted by Crippen LogP contribution is 2.34. The molecule has 0 aromatic carbocycles. The Kier molecular flexibility index (Phi) is 2.67. The van der Waals surface area contributed by atoms with Crippen LogP contribution in [-0.2, 0) is 6.42 Å². The minimum atomic E-state index is -0.289. The predicted octanol–water partition coefficient (Wildman–Crippen LogP) is 2.04. The van der Waals surface area contributed by atoms with Crippen LogP contribution in [0.3, 0.4) is 0 Å². The number of hydrogen-bond acceptors (Lipinski definition) is 4. The fraction of sp³-hybridized carbons (Fsp3) is 0.833. The van der Waals surface area contributed by atoms with E-state index in [0.717, 1.165) is 43.8 Å². The quantitative estimate of drug-likeness (QED) is 0.850. The highest BCUT2D eigenvalue weighted by Gasteiger charge is 2.30. The SMILES string of the molecule is OC1CCCCC1c1nc(CC2CC2)no1. The van der Waals surface area contributed by atoms with Crippen molar-refractivity contribution in [3.8, 4) is 0 Å². The first-order valence-corrected chi connectivity index (χ1v) is 6.33. The predicted molar refractivity (Wildman–Crippen MR) is 57.9 cm³/mol. The van der Waals surface area contributed by atoms with Crippen LogP contribution < -0.4 is 0 Å². The van der Waals surface area contributed by atoms with Crippen molar-refractivity contribution in [2.75, 3.05) is 0 Å². The van der Waals surface area contributed by atoms with Crippen LogP contribution in [0.25, 0.3) is 0 Å². The molecule has 1 aromatic heterocycles. The van der Waals surface area contributed by atoms with Gasteiger partial charge in [-0.05, 0) is 31.6 Å². The Morgan fingerprint density at radius 3 is 2.75 bits per heavy atom. The summed E-state index contributed by atoms with van der Waals surface area (Å²) in [5, 5.41) is 13.9. The molecule has 0 radical (unpaired) electrons. The van der Waals surface area contributed by atoms with Crippen molar-refractivity contribution in [1.82, 2.24) is 10.1 Å². The Bertz CT molecular complexity index is 360. The summed E-state index contributed by atoms with van der Waals surface area (Å²) in [7, 11) is 0. The Hall–Kier alpha value is -0.900. The minimum absolute atomic E-state index is 0.0780. The maximum absolute atomic E-state index is 9.90. The van der Waals surface area contributed by atoms with Crippen molar-refractivity contribution in [3.63, 3.8) is 0 Å². The van der Waals surface area contributed by atoms with Gasteiger partial charge < -0.3 is 9.63 Å². The normalized spacial score (nSPS) is 30.6. The smallest absolute Gasteiger partial charge is 0.232 e. The summed E-state index contributed by atoms with van der Waals surface area (Å²) >= 11 is 0. The molecule has 88 valence electrons. The summed E-state index contributed by atoms with van der Waals surface area (Å²) < 4.78 is 5.28. The van der Waals surface area contributed by atoms with Gasteiger partial charge in [-0.15, -0.1) is 0 Å². The number of hydrogen-bond donors (Lipinski definition) is 1. The van der Waals surface area contributed by atoms with Gasteiger partial charge in [-0.3, -0.25) is 0 Å². The third-order valence-corrected chi connectivity index (χ3v) is 3.70. The van der Waals surface area contributed by atoms with Gasteiger partial charge in [-0.1, -0.05) is 18.0 Å². The van der Waals surface area contributed by atoms with Crippen LogP contribution in [0.5, 0.6) is 0 Å². The van der Waals surface area contributed by atoms with E-state index in [0.29, 0.717) is 5.89 Å². The maximum Gasteiger partial charge on any atom is 0.232 e. The Morgan fingerprint density at radius 1 is 1.19 bits per heavy atom. The molecule has 0 spiro atoms. The molecule has 2 unspecified atom stereocenters. The molecule has 0 aliphatic heterocycles. The highest BCUT2D eigenvalue weighted by atomic mass is 16.5. The summed E-state index contributed by atoms with van der Waals surface area (Å²) in [6.45, 7) is 0. The zero-order valence-electron chi connectivity index (χ0n) is 9.43. The molecular formula is C12H18N2O2. The molecule has 4 nitrogen and oxygen atoms in total. The molecule has 3 rings (SSSR count). The Morgan fingerprint density at radius 2 is 2.00 bits per heavy atom. The first-order valence-electron chi connectivity index (χ1n) is 6.33. The Labute approximate surface area is 95.0 Å². The molecule has 16 heavy (non-hydrogen) atoms. The maximum atomic E-state index is 9.90. The largest absolute Gasteiger partial charge is 0.392 e. The van der Waals surface area contributed by atoms with Crippen LogP contribution in [0, 0.1) is 5.92 Å². The van der Waals surface area contributed by atoms with E-state index >= 15 is 0 Å². The second-order valence-corrected chi connectivity index (χ2v) is 5.15. The standard InChI is InChI=1S/C12H18N2O2/c15-10-4-2-1-3-9(10)12-13-11(14-16-12)7-8-5-6-8/h8-10,15H,1-7H2. The van der Waals surface area contributed by atoms with Crippen molar-refractivity contribution in [3.05, 3.63) is 11.7 Å². The van der Waals surface area contributed by atoms with Crippen LogP contribution in [0.2, 0.25) is 0 Å². The number of rotatable bonds is 3. The second kappa shape index (κ2) is 4.17. The zero-order valence-corrected chi connectivity index (χ0v) is 9.43. The van der Waals surface area contributed by atoms with E-state index in [1.54, 1.807) is 0 Å². The molecule has 2 aliphatic rings. The Balaban J connectivity index is 1.69. The van der Waals surface area contributed by atoms with Gasteiger partial charge in [0.05, 0.1) is 12.0 Å². The lowest BCUT2D eigenvalue weighted by atomic mass is 9.86. The average molecular weight is 222 g/mol. The first kappa shape index (κ1) is 10.3. The second-order valence-electron chi connectivity index (χ2n) is 5.15. The molecular weight excluding hydrogens is 204 g/mol. The molecule has 0 amide bonds. The fourth-order valence-corrected chi connectivity index (χ4v) is 2.48. The summed E-state index contributed by atoms with van der Waals surface area (Å²) in [5.41, 5.74) is 0. The van der Waals surface area contributed by atoms with Crippen molar-refractivity contribution >= 4 is 0 Å². The van der Waals surface area contributed by atoms with Crippen molar-refractivity contribution in [2.45, 2.75) is 57.0 Å². The monoisotopic (exact) mass is 222 g/mol. The molecule has 2 aliphatic carbocycles. The van der Waals surface area contributed by atoms with Gasteiger partial charge >= 0.3 is 0 Å². The number of aliphatic hydroxyl groups is 1. The van der Waals surface area contributed by atoms with Gasteiger partial charge in [0.1, 0.15) is 0 Å². The van der Waals surface area contributed by atoms with E-state index in [1.165, 1.54) is 12.8 Å². The van der Waals surface area contributed by atoms with Crippen LogP contribution in [-0.4, -0.2) is 21.4 Å². The lowest BCUT2D eigenvalue weighted by Gasteiger charge is -2.24. The number of aliphatic hydroxyl groups excluding tert-OH is 1. The highest BCUT2D eigenvalue weighted by molar-refractivity contribution is 5.00. The number of aromatic nitrogens is 2. The van der Waals surface area contributed by atoms with Gasteiger partial charge in [-0.2, -0.15) is 4.98 Å². The molecule has 0 saturated heterocycles. The molecule has 0 bridgehead atoms. The summed E-state index contributed by atoms with van der Waals surface area (Å²) in [6.07, 6.45) is 7.38.